The fourth-order valence-corrected chi connectivity index (χ4v) is 2.11. The van der Waals surface area contributed by atoms with Crippen molar-refractivity contribution in [3.8, 4) is 0 Å². The molecule has 0 bridgehead atoms. The number of hydrogen-bond acceptors (Lipinski definition) is 2. The van der Waals surface area contributed by atoms with Gasteiger partial charge in [0, 0.05) is 0 Å². The third-order valence-electron chi connectivity index (χ3n) is 2.97. The van der Waals surface area contributed by atoms with E-state index >= 15 is 0 Å². The maximum atomic E-state index is 13.6. The molecule has 0 spiro atoms. The molecule has 0 aromatic heterocycles. The molecule has 0 aliphatic carbocycles. The first-order chi connectivity index (χ1) is 9.02. The first-order valence-electron chi connectivity index (χ1n) is 5.70. The number of aryl methyl sites for hydroxylation is 1. The highest BCUT2D eigenvalue weighted by molar-refractivity contribution is 9.10. The molecule has 100 valence electrons. The van der Waals surface area contributed by atoms with Gasteiger partial charge in [-0.05, 0) is 57.7 Å². The summed E-state index contributed by atoms with van der Waals surface area (Å²) in [6.45, 7) is 1.68. The predicted molar refractivity (Wildman–Crippen MR) is 74.4 cm³/mol. The van der Waals surface area contributed by atoms with Crippen LogP contribution in [0.2, 0.25) is 0 Å². The van der Waals surface area contributed by atoms with Gasteiger partial charge in [0.25, 0.3) is 0 Å². The molecule has 2 aromatic carbocycles. The van der Waals surface area contributed by atoms with Crippen LogP contribution in [0.5, 0.6) is 0 Å². The third kappa shape index (κ3) is 3.00. The normalized spacial score (nSPS) is 12.5. The first-order valence-corrected chi connectivity index (χ1v) is 6.49. The molecule has 0 saturated carbocycles. The van der Waals surface area contributed by atoms with Crippen LogP contribution in [0.1, 0.15) is 22.7 Å². The van der Waals surface area contributed by atoms with Gasteiger partial charge in [0.05, 0.1) is 10.5 Å². The van der Waals surface area contributed by atoms with Gasteiger partial charge in [0.1, 0.15) is 11.6 Å². The van der Waals surface area contributed by atoms with Crippen molar-refractivity contribution in [3.63, 3.8) is 0 Å². The van der Waals surface area contributed by atoms with Crippen LogP contribution in [-0.2, 0) is 0 Å². The Morgan fingerprint density at radius 2 is 1.63 bits per heavy atom. The molecule has 0 heterocycles. The molecule has 5 heteroatoms. The first kappa shape index (κ1) is 14.1. The molecule has 1 atom stereocenters. The highest BCUT2D eigenvalue weighted by atomic mass is 79.9. The molecule has 0 saturated heterocycles. The molecule has 2 aromatic rings. The minimum Gasteiger partial charge on any atom is -0.271 e. The lowest BCUT2D eigenvalue weighted by Crippen LogP contribution is -2.29. The number of benzene rings is 2. The maximum absolute atomic E-state index is 13.6. The average molecular weight is 327 g/mol. The Bertz CT molecular complexity index is 550. The van der Waals surface area contributed by atoms with Gasteiger partial charge >= 0.3 is 0 Å². The lowest BCUT2D eigenvalue weighted by molar-refractivity contribution is 0.589. The second-order valence-electron chi connectivity index (χ2n) is 4.28. The van der Waals surface area contributed by atoms with Crippen molar-refractivity contribution < 1.29 is 8.78 Å². The Hall–Kier alpha value is -1.30. The zero-order valence-electron chi connectivity index (χ0n) is 10.3. The summed E-state index contributed by atoms with van der Waals surface area (Å²) in [5, 5.41) is 0. The van der Waals surface area contributed by atoms with E-state index in [1.54, 1.807) is 31.2 Å². The number of halogens is 3. The van der Waals surface area contributed by atoms with E-state index in [4.69, 9.17) is 5.84 Å². The van der Waals surface area contributed by atoms with Crippen LogP contribution >= 0.6 is 15.9 Å². The summed E-state index contributed by atoms with van der Waals surface area (Å²) in [7, 11) is 0. The molecule has 0 aliphatic rings. The van der Waals surface area contributed by atoms with Crippen molar-refractivity contribution >= 4 is 15.9 Å². The summed E-state index contributed by atoms with van der Waals surface area (Å²) in [4.78, 5) is 0. The number of rotatable bonds is 3. The van der Waals surface area contributed by atoms with Gasteiger partial charge in [0.2, 0.25) is 0 Å². The Morgan fingerprint density at radius 3 is 2.16 bits per heavy atom. The Morgan fingerprint density at radius 1 is 1.05 bits per heavy atom. The summed E-state index contributed by atoms with van der Waals surface area (Å²) in [5.41, 5.74) is 4.41. The lowest BCUT2D eigenvalue weighted by atomic mass is 9.98. The van der Waals surface area contributed by atoms with Crippen molar-refractivity contribution in [2.24, 2.45) is 5.84 Å². The fraction of sp³-hybridized carbons (Fsp3) is 0.143. The monoisotopic (exact) mass is 326 g/mol. The molecule has 2 nitrogen and oxygen atoms in total. The summed E-state index contributed by atoms with van der Waals surface area (Å²) in [6.07, 6.45) is 0. The second-order valence-corrected chi connectivity index (χ2v) is 5.14. The molecule has 0 radical (unpaired) electrons. The summed E-state index contributed by atoms with van der Waals surface area (Å²) in [5.74, 6) is 4.81. The van der Waals surface area contributed by atoms with Gasteiger partial charge in [-0.2, -0.15) is 0 Å². The van der Waals surface area contributed by atoms with Crippen LogP contribution in [0.15, 0.2) is 40.9 Å². The molecule has 1 unspecified atom stereocenters. The van der Waals surface area contributed by atoms with Gasteiger partial charge < -0.3 is 0 Å². The SMILES string of the molecule is Cc1ccc(C(NN)c2ccc(Br)c(F)c2)cc1F. The molecular formula is C14H13BrF2N2. The number of hydrazine groups is 1. The van der Waals surface area contributed by atoms with Crippen LogP contribution in [0.25, 0.3) is 0 Å². The Kier molecular flexibility index (Phi) is 4.29. The van der Waals surface area contributed by atoms with Crippen molar-refractivity contribution in [2.45, 2.75) is 13.0 Å². The smallest absolute Gasteiger partial charge is 0.137 e. The van der Waals surface area contributed by atoms with E-state index in [-0.39, 0.29) is 11.6 Å². The van der Waals surface area contributed by atoms with Crippen LogP contribution < -0.4 is 11.3 Å². The fourth-order valence-electron chi connectivity index (χ4n) is 1.87. The van der Waals surface area contributed by atoms with Crippen molar-refractivity contribution in [1.82, 2.24) is 5.43 Å². The maximum Gasteiger partial charge on any atom is 0.137 e. The van der Waals surface area contributed by atoms with E-state index in [9.17, 15) is 8.78 Å². The number of hydrogen-bond donors (Lipinski definition) is 2. The van der Waals surface area contributed by atoms with Crippen molar-refractivity contribution in [1.29, 1.82) is 0 Å². The third-order valence-corrected chi connectivity index (χ3v) is 3.62. The highest BCUT2D eigenvalue weighted by Crippen LogP contribution is 2.26. The molecule has 0 aliphatic heterocycles. The molecule has 0 amide bonds. The number of nitrogens with one attached hydrogen (secondary N) is 1. The van der Waals surface area contributed by atoms with Gasteiger partial charge in [-0.25, -0.2) is 14.2 Å². The quantitative estimate of drug-likeness (QED) is 0.668. The van der Waals surface area contributed by atoms with Crippen LogP contribution in [0.4, 0.5) is 8.78 Å². The van der Waals surface area contributed by atoms with E-state index in [0.717, 1.165) is 0 Å². The van der Waals surface area contributed by atoms with Crippen molar-refractivity contribution in [2.75, 3.05) is 0 Å². The van der Waals surface area contributed by atoms with Crippen LogP contribution in [0, 0.1) is 18.6 Å². The zero-order valence-corrected chi connectivity index (χ0v) is 11.8. The van der Waals surface area contributed by atoms with E-state index < -0.39 is 6.04 Å². The Labute approximate surface area is 118 Å². The van der Waals surface area contributed by atoms with E-state index in [1.165, 1.54) is 12.1 Å². The van der Waals surface area contributed by atoms with Crippen LogP contribution in [0.3, 0.4) is 0 Å². The van der Waals surface area contributed by atoms with Gasteiger partial charge in [-0.15, -0.1) is 0 Å². The summed E-state index contributed by atoms with van der Waals surface area (Å²) >= 11 is 3.09. The molecule has 3 N–H and O–H groups in total. The lowest BCUT2D eigenvalue weighted by Gasteiger charge is -2.17. The Balaban J connectivity index is 2.43. The molecule has 0 fully saturated rings. The zero-order chi connectivity index (χ0) is 14.0. The average Bonchev–Trinajstić information content (AvgIpc) is 2.39. The predicted octanol–water partition coefficient (Wildman–Crippen LogP) is 3.59. The standard InChI is InChI=1S/C14H13BrF2N2/c1-8-2-3-9(6-12(8)16)14(19-18)10-4-5-11(15)13(17)7-10/h2-7,14,19H,18H2,1H3. The number of nitrogens with two attached hydrogens (primary N) is 1. The topological polar surface area (TPSA) is 38.0 Å². The van der Waals surface area contributed by atoms with E-state index in [0.29, 0.717) is 21.2 Å². The summed E-state index contributed by atoms with van der Waals surface area (Å²) in [6, 6.07) is 9.08. The van der Waals surface area contributed by atoms with Crippen LogP contribution in [-0.4, -0.2) is 0 Å². The minimum absolute atomic E-state index is 0.310. The summed E-state index contributed by atoms with van der Waals surface area (Å²) < 4.78 is 27.5. The molecule has 2 rings (SSSR count). The second kappa shape index (κ2) is 5.77. The largest absolute Gasteiger partial charge is 0.271 e. The van der Waals surface area contributed by atoms with Gasteiger partial charge in [-0.3, -0.25) is 5.84 Å². The highest BCUT2D eigenvalue weighted by Gasteiger charge is 2.15. The molecule has 19 heavy (non-hydrogen) atoms. The van der Waals surface area contributed by atoms with Gasteiger partial charge in [-0.1, -0.05) is 18.2 Å². The van der Waals surface area contributed by atoms with E-state index in [1.807, 2.05) is 0 Å². The minimum atomic E-state index is -0.460. The molecular weight excluding hydrogens is 314 g/mol. The van der Waals surface area contributed by atoms with Crippen molar-refractivity contribution in [3.05, 3.63) is 69.2 Å². The van der Waals surface area contributed by atoms with E-state index in [2.05, 4.69) is 21.4 Å². The van der Waals surface area contributed by atoms with Gasteiger partial charge in [0.15, 0.2) is 0 Å².